The zero-order valence-corrected chi connectivity index (χ0v) is 15.0. The van der Waals surface area contributed by atoms with Crippen molar-refractivity contribution < 1.29 is 14.3 Å². The average molecular weight is 336 g/mol. The molecular formula is C17H28N4O3. The van der Waals surface area contributed by atoms with Crippen LogP contribution in [0.4, 0.5) is 5.82 Å². The highest BCUT2D eigenvalue weighted by molar-refractivity contribution is 5.93. The van der Waals surface area contributed by atoms with E-state index in [-0.39, 0.29) is 29.9 Å². The second kappa shape index (κ2) is 8.28. The van der Waals surface area contributed by atoms with E-state index in [1.807, 2.05) is 27.7 Å². The Morgan fingerprint density at radius 1 is 1.42 bits per heavy atom. The summed E-state index contributed by atoms with van der Waals surface area (Å²) in [6.45, 7) is 9.49. The van der Waals surface area contributed by atoms with E-state index >= 15 is 0 Å². The molecule has 1 amide bonds. The molecule has 1 aromatic rings. The quantitative estimate of drug-likeness (QED) is 0.805. The maximum atomic E-state index is 12.6. The Hall–Kier alpha value is -1.89. The summed E-state index contributed by atoms with van der Waals surface area (Å²) in [6, 6.07) is 1.66. The SMILES string of the molecule is CCOC(=O)C1CCCN(C(C)C(=O)Nc2ccnn2C(C)C)C1. The second-order valence-electron chi connectivity index (χ2n) is 6.51. The van der Waals surface area contributed by atoms with Crippen LogP contribution in [0.3, 0.4) is 0 Å². The number of hydrogen-bond acceptors (Lipinski definition) is 5. The molecule has 2 heterocycles. The molecule has 1 fully saturated rings. The first kappa shape index (κ1) is 18.4. The number of rotatable bonds is 6. The average Bonchev–Trinajstić information content (AvgIpc) is 3.02. The Balaban J connectivity index is 1.97. The lowest BCUT2D eigenvalue weighted by atomic mass is 9.97. The molecule has 2 unspecified atom stereocenters. The largest absolute Gasteiger partial charge is 0.466 e. The zero-order valence-electron chi connectivity index (χ0n) is 15.0. The summed E-state index contributed by atoms with van der Waals surface area (Å²) in [5.74, 6) is 0.311. The van der Waals surface area contributed by atoms with E-state index in [2.05, 4.69) is 15.3 Å². The van der Waals surface area contributed by atoms with Crippen LogP contribution in [0.15, 0.2) is 12.3 Å². The number of hydrogen-bond donors (Lipinski definition) is 1. The van der Waals surface area contributed by atoms with Crippen LogP contribution < -0.4 is 5.32 Å². The third-order valence-electron chi connectivity index (χ3n) is 4.41. The van der Waals surface area contributed by atoms with E-state index < -0.39 is 0 Å². The molecule has 1 N–H and O–H groups in total. The van der Waals surface area contributed by atoms with Gasteiger partial charge in [-0.15, -0.1) is 0 Å². The van der Waals surface area contributed by atoms with Gasteiger partial charge in [-0.05, 0) is 47.1 Å². The Kier molecular flexibility index (Phi) is 6.36. The standard InChI is InChI=1S/C17H28N4O3/c1-5-24-17(23)14-7-6-10-20(11-14)13(4)16(22)19-15-8-9-18-21(15)12(2)3/h8-9,12-14H,5-7,10-11H2,1-4H3,(H,19,22). The van der Waals surface area contributed by atoms with Gasteiger partial charge in [0, 0.05) is 18.7 Å². The fourth-order valence-electron chi connectivity index (χ4n) is 3.03. The van der Waals surface area contributed by atoms with Crippen LogP contribution >= 0.6 is 0 Å². The van der Waals surface area contributed by atoms with Crippen molar-refractivity contribution in [2.24, 2.45) is 5.92 Å². The minimum absolute atomic E-state index is 0.0816. The number of nitrogens with zero attached hydrogens (tertiary/aromatic N) is 3. The van der Waals surface area contributed by atoms with Crippen LogP contribution in [0.5, 0.6) is 0 Å². The molecule has 2 rings (SSSR count). The Morgan fingerprint density at radius 3 is 2.83 bits per heavy atom. The lowest BCUT2D eigenvalue weighted by molar-refractivity contribution is -0.150. The molecule has 0 radical (unpaired) electrons. The van der Waals surface area contributed by atoms with Gasteiger partial charge in [0.2, 0.25) is 5.91 Å². The van der Waals surface area contributed by atoms with E-state index in [0.29, 0.717) is 19.0 Å². The summed E-state index contributed by atoms with van der Waals surface area (Å²) in [5.41, 5.74) is 0. The number of ether oxygens (including phenoxy) is 1. The summed E-state index contributed by atoms with van der Waals surface area (Å²) < 4.78 is 6.90. The second-order valence-corrected chi connectivity index (χ2v) is 6.51. The van der Waals surface area contributed by atoms with Crippen molar-refractivity contribution in [2.75, 3.05) is 25.0 Å². The minimum Gasteiger partial charge on any atom is -0.466 e. The number of aromatic nitrogens is 2. The van der Waals surface area contributed by atoms with Crippen LogP contribution in [0.25, 0.3) is 0 Å². The van der Waals surface area contributed by atoms with Gasteiger partial charge in [-0.3, -0.25) is 14.5 Å². The zero-order chi connectivity index (χ0) is 17.7. The third-order valence-corrected chi connectivity index (χ3v) is 4.41. The van der Waals surface area contributed by atoms with Crippen molar-refractivity contribution >= 4 is 17.7 Å². The Bertz CT molecular complexity index is 570. The van der Waals surface area contributed by atoms with Gasteiger partial charge in [-0.2, -0.15) is 5.10 Å². The van der Waals surface area contributed by atoms with Gasteiger partial charge < -0.3 is 10.1 Å². The van der Waals surface area contributed by atoms with Crippen LogP contribution in [0, 0.1) is 5.92 Å². The fourth-order valence-corrected chi connectivity index (χ4v) is 3.03. The molecule has 0 bridgehead atoms. The summed E-state index contributed by atoms with van der Waals surface area (Å²) in [7, 11) is 0. The van der Waals surface area contributed by atoms with Gasteiger partial charge in [0.05, 0.1) is 24.8 Å². The number of amides is 1. The maximum absolute atomic E-state index is 12.6. The van der Waals surface area contributed by atoms with E-state index in [0.717, 1.165) is 19.4 Å². The van der Waals surface area contributed by atoms with Gasteiger partial charge in [0.15, 0.2) is 0 Å². The molecular weight excluding hydrogens is 308 g/mol. The molecule has 1 aromatic heterocycles. The first-order chi connectivity index (χ1) is 11.4. The van der Waals surface area contributed by atoms with Crippen molar-refractivity contribution in [1.82, 2.24) is 14.7 Å². The molecule has 1 saturated heterocycles. The predicted octanol–water partition coefficient (Wildman–Crippen LogP) is 2.07. The molecule has 1 aliphatic rings. The van der Waals surface area contributed by atoms with Crippen molar-refractivity contribution in [2.45, 2.75) is 52.6 Å². The normalized spacial score (nSPS) is 20.0. The minimum atomic E-state index is -0.308. The van der Waals surface area contributed by atoms with Gasteiger partial charge in [-0.25, -0.2) is 4.68 Å². The summed E-state index contributed by atoms with van der Waals surface area (Å²) in [4.78, 5) is 26.6. The van der Waals surface area contributed by atoms with Gasteiger partial charge in [0.25, 0.3) is 0 Å². The van der Waals surface area contributed by atoms with Crippen LogP contribution in [-0.4, -0.2) is 52.3 Å². The van der Waals surface area contributed by atoms with Gasteiger partial charge >= 0.3 is 5.97 Å². The van der Waals surface area contributed by atoms with Crippen LogP contribution in [-0.2, 0) is 14.3 Å². The van der Waals surface area contributed by atoms with Gasteiger partial charge in [0.1, 0.15) is 5.82 Å². The Labute approximate surface area is 143 Å². The number of likely N-dealkylation sites (tertiary alicyclic amines) is 1. The number of anilines is 1. The number of nitrogens with one attached hydrogen (secondary N) is 1. The smallest absolute Gasteiger partial charge is 0.310 e. The first-order valence-electron chi connectivity index (χ1n) is 8.69. The summed E-state index contributed by atoms with van der Waals surface area (Å²) in [6.07, 6.45) is 3.40. The number of piperidine rings is 1. The Morgan fingerprint density at radius 2 is 2.17 bits per heavy atom. The predicted molar refractivity (Wildman–Crippen MR) is 91.6 cm³/mol. The van der Waals surface area contributed by atoms with Gasteiger partial charge in [-0.1, -0.05) is 0 Å². The number of carbonyl (C=O) groups is 2. The molecule has 2 atom stereocenters. The first-order valence-corrected chi connectivity index (χ1v) is 8.69. The molecule has 0 saturated carbocycles. The monoisotopic (exact) mass is 336 g/mol. The highest BCUT2D eigenvalue weighted by Crippen LogP contribution is 2.21. The van der Waals surface area contributed by atoms with E-state index in [9.17, 15) is 9.59 Å². The highest BCUT2D eigenvalue weighted by Gasteiger charge is 2.31. The third kappa shape index (κ3) is 4.35. The number of carbonyl (C=O) groups excluding carboxylic acids is 2. The molecule has 1 aliphatic heterocycles. The molecule has 0 aromatic carbocycles. The number of esters is 1. The van der Waals surface area contributed by atoms with E-state index in [4.69, 9.17) is 4.74 Å². The topological polar surface area (TPSA) is 76.5 Å². The van der Waals surface area contributed by atoms with Crippen LogP contribution in [0.2, 0.25) is 0 Å². The lowest BCUT2D eigenvalue weighted by Gasteiger charge is -2.35. The van der Waals surface area contributed by atoms with Crippen molar-refractivity contribution in [3.8, 4) is 0 Å². The summed E-state index contributed by atoms with van der Waals surface area (Å²) >= 11 is 0. The molecule has 24 heavy (non-hydrogen) atoms. The van der Waals surface area contributed by atoms with E-state index in [1.165, 1.54) is 0 Å². The summed E-state index contributed by atoms with van der Waals surface area (Å²) in [5, 5.41) is 7.17. The molecule has 7 nitrogen and oxygen atoms in total. The molecule has 7 heteroatoms. The van der Waals surface area contributed by atoms with Crippen molar-refractivity contribution in [3.05, 3.63) is 12.3 Å². The van der Waals surface area contributed by atoms with Crippen molar-refractivity contribution in [1.29, 1.82) is 0 Å². The van der Waals surface area contributed by atoms with Crippen LogP contribution in [0.1, 0.15) is 46.6 Å². The fraction of sp³-hybridized carbons (Fsp3) is 0.706. The maximum Gasteiger partial charge on any atom is 0.310 e. The molecule has 134 valence electrons. The lowest BCUT2D eigenvalue weighted by Crippen LogP contribution is -2.48. The van der Waals surface area contributed by atoms with Crippen molar-refractivity contribution in [3.63, 3.8) is 0 Å². The molecule has 0 aliphatic carbocycles. The highest BCUT2D eigenvalue weighted by atomic mass is 16.5. The van der Waals surface area contributed by atoms with E-state index in [1.54, 1.807) is 16.9 Å². The molecule has 0 spiro atoms.